The molecule has 0 fully saturated rings. The second-order valence-corrected chi connectivity index (χ2v) is 6.10. The Kier molecular flexibility index (Phi) is 4.62. The molecule has 1 nitrogen and oxygen atoms in total. The molecule has 0 aliphatic heterocycles. The van der Waals surface area contributed by atoms with E-state index in [1.807, 2.05) is 19.2 Å². The maximum absolute atomic E-state index is 6.24. The molecule has 1 aromatic heterocycles. The Labute approximate surface area is 119 Å². The molecule has 4 heteroatoms. The van der Waals surface area contributed by atoms with Gasteiger partial charge in [-0.1, -0.05) is 39.7 Å². The van der Waals surface area contributed by atoms with Crippen LogP contribution in [0.2, 0.25) is 5.02 Å². The van der Waals surface area contributed by atoms with Gasteiger partial charge in [0.05, 0.1) is 0 Å². The first-order chi connectivity index (χ1) is 8.20. The highest BCUT2D eigenvalue weighted by Crippen LogP contribution is 2.27. The van der Waals surface area contributed by atoms with Crippen molar-refractivity contribution in [3.05, 3.63) is 55.6 Å². The minimum absolute atomic E-state index is 0.327. The first-order valence-corrected chi connectivity index (χ1v) is 7.40. The van der Waals surface area contributed by atoms with E-state index >= 15 is 0 Å². The van der Waals surface area contributed by atoms with Gasteiger partial charge in [0.2, 0.25) is 0 Å². The Bertz CT molecular complexity index is 484. The third-order valence-electron chi connectivity index (χ3n) is 2.67. The summed E-state index contributed by atoms with van der Waals surface area (Å²) in [6, 6.07) is 10.6. The van der Waals surface area contributed by atoms with Gasteiger partial charge >= 0.3 is 0 Å². The lowest BCUT2D eigenvalue weighted by atomic mass is 10.0. The number of thiophene rings is 1. The van der Waals surface area contributed by atoms with E-state index in [9.17, 15) is 0 Å². The second kappa shape index (κ2) is 6.01. The molecule has 1 atom stereocenters. The van der Waals surface area contributed by atoms with Gasteiger partial charge in [0.1, 0.15) is 0 Å². The fraction of sp³-hybridized carbons (Fsp3) is 0.231. The number of hydrogen-bond donors (Lipinski definition) is 1. The van der Waals surface area contributed by atoms with Gasteiger partial charge in [0.25, 0.3) is 0 Å². The Morgan fingerprint density at radius 1 is 1.41 bits per heavy atom. The minimum atomic E-state index is 0.327. The number of hydrogen-bond acceptors (Lipinski definition) is 2. The van der Waals surface area contributed by atoms with Crippen LogP contribution in [0.3, 0.4) is 0 Å². The molecule has 0 aliphatic carbocycles. The predicted molar refractivity (Wildman–Crippen MR) is 79.0 cm³/mol. The summed E-state index contributed by atoms with van der Waals surface area (Å²) in [5.74, 6) is 0. The van der Waals surface area contributed by atoms with E-state index in [1.165, 1.54) is 10.4 Å². The van der Waals surface area contributed by atoms with Crippen LogP contribution in [0, 0.1) is 0 Å². The van der Waals surface area contributed by atoms with Crippen LogP contribution in [0.1, 0.15) is 16.5 Å². The molecule has 1 heterocycles. The van der Waals surface area contributed by atoms with Gasteiger partial charge in [0.15, 0.2) is 0 Å². The van der Waals surface area contributed by atoms with E-state index in [1.54, 1.807) is 11.3 Å². The molecule has 0 saturated carbocycles. The Morgan fingerprint density at radius 3 is 2.82 bits per heavy atom. The molecule has 1 unspecified atom stereocenters. The van der Waals surface area contributed by atoms with Crippen molar-refractivity contribution >= 4 is 38.9 Å². The van der Waals surface area contributed by atoms with Crippen LogP contribution < -0.4 is 5.32 Å². The van der Waals surface area contributed by atoms with Crippen molar-refractivity contribution in [2.45, 2.75) is 12.5 Å². The molecule has 1 aromatic carbocycles. The first-order valence-electron chi connectivity index (χ1n) is 5.35. The molecular weight excluding hydrogens is 318 g/mol. The molecule has 0 amide bonds. The second-order valence-electron chi connectivity index (χ2n) is 3.80. The summed E-state index contributed by atoms with van der Waals surface area (Å²) in [6.45, 7) is 0. The monoisotopic (exact) mass is 329 g/mol. The lowest BCUT2D eigenvalue weighted by Gasteiger charge is -2.15. The maximum Gasteiger partial charge on any atom is 0.0453 e. The number of nitrogens with one attached hydrogen (secondary N) is 1. The number of likely N-dealkylation sites (N-methyl/N-ethyl adjacent to an activating group) is 1. The average molecular weight is 331 g/mol. The van der Waals surface area contributed by atoms with Crippen molar-refractivity contribution < 1.29 is 0 Å². The first kappa shape index (κ1) is 13.1. The lowest BCUT2D eigenvalue weighted by molar-refractivity contribution is 0.602. The van der Waals surface area contributed by atoms with Gasteiger partial charge in [-0.2, -0.15) is 0 Å². The Morgan fingerprint density at radius 2 is 2.24 bits per heavy atom. The van der Waals surface area contributed by atoms with Crippen molar-refractivity contribution in [3.8, 4) is 0 Å². The van der Waals surface area contributed by atoms with Crippen molar-refractivity contribution in [1.82, 2.24) is 5.32 Å². The van der Waals surface area contributed by atoms with Gasteiger partial charge < -0.3 is 5.32 Å². The van der Waals surface area contributed by atoms with E-state index in [-0.39, 0.29) is 0 Å². The third-order valence-corrected chi connectivity index (χ3v) is 4.51. The van der Waals surface area contributed by atoms with Crippen LogP contribution in [0.25, 0.3) is 0 Å². The van der Waals surface area contributed by atoms with Crippen molar-refractivity contribution in [1.29, 1.82) is 0 Å². The molecular formula is C13H13BrClNS. The predicted octanol–water partition coefficient (Wildman–Crippen LogP) is 4.67. The molecule has 0 saturated heterocycles. The highest BCUT2D eigenvalue weighted by atomic mass is 79.9. The van der Waals surface area contributed by atoms with Crippen molar-refractivity contribution in [2.75, 3.05) is 7.05 Å². The van der Waals surface area contributed by atoms with Crippen molar-refractivity contribution in [2.24, 2.45) is 0 Å². The molecule has 17 heavy (non-hydrogen) atoms. The number of halogens is 2. The van der Waals surface area contributed by atoms with E-state index in [2.05, 4.69) is 44.8 Å². The summed E-state index contributed by atoms with van der Waals surface area (Å²) in [6.07, 6.45) is 0.906. The van der Waals surface area contributed by atoms with Crippen molar-refractivity contribution in [3.63, 3.8) is 0 Å². The Hall–Kier alpha value is -0.350. The molecule has 0 aliphatic rings. The molecule has 2 aromatic rings. The van der Waals surface area contributed by atoms with Crippen LogP contribution in [0.15, 0.2) is 40.2 Å². The standard InChI is InChI=1S/C13H13BrClNS/c1-16-12(13-3-2-6-17-13)7-9-4-5-10(14)8-11(9)15/h2-6,8,12,16H,7H2,1H3. The van der Waals surface area contributed by atoms with E-state index in [0.717, 1.165) is 15.9 Å². The summed E-state index contributed by atoms with van der Waals surface area (Å²) in [7, 11) is 1.98. The average Bonchev–Trinajstić information content (AvgIpc) is 2.81. The van der Waals surface area contributed by atoms with Gasteiger partial charge in [-0.15, -0.1) is 11.3 Å². The smallest absolute Gasteiger partial charge is 0.0453 e. The summed E-state index contributed by atoms with van der Waals surface area (Å²) >= 11 is 11.4. The zero-order chi connectivity index (χ0) is 12.3. The quantitative estimate of drug-likeness (QED) is 0.859. The van der Waals surface area contributed by atoms with E-state index < -0.39 is 0 Å². The van der Waals surface area contributed by atoms with Gasteiger partial charge in [-0.05, 0) is 42.6 Å². The Balaban J connectivity index is 2.19. The van der Waals surface area contributed by atoms with Gasteiger partial charge in [0, 0.05) is 20.4 Å². The zero-order valence-electron chi connectivity index (χ0n) is 9.41. The lowest BCUT2D eigenvalue weighted by Crippen LogP contribution is -2.17. The SMILES string of the molecule is CNC(Cc1ccc(Br)cc1Cl)c1cccs1. The molecule has 2 rings (SSSR count). The highest BCUT2D eigenvalue weighted by Gasteiger charge is 2.12. The zero-order valence-corrected chi connectivity index (χ0v) is 12.6. The van der Waals surface area contributed by atoms with Gasteiger partial charge in [-0.25, -0.2) is 0 Å². The molecule has 0 radical (unpaired) electrons. The summed E-state index contributed by atoms with van der Waals surface area (Å²) in [5.41, 5.74) is 1.17. The normalized spacial score (nSPS) is 12.6. The fourth-order valence-electron chi connectivity index (χ4n) is 1.74. The fourth-order valence-corrected chi connectivity index (χ4v) is 3.33. The summed E-state index contributed by atoms with van der Waals surface area (Å²) in [4.78, 5) is 1.34. The summed E-state index contributed by atoms with van der Waals surface area (Å²) in [5, 5.41) is 6.25. The topological polar surface area (TPSA) is 12.0 Å². The third kappa shape index (κ3) is 3.32. The molecule has 0 bridgehead atoms. The summed E-state index contributed by atoms with van der Waals surface area (Å²) < 4.78 is 1.02. The van der Waals surface area contributed by atoms with Crippen LogP contribution >= 0.6 is 38.9 Å². The molecule has 0 spiro atoms. The van der Waals surface area contributed by atoms with E-state index in [0.29, 0.717) is 6.04 Å². The van der Waals surface area contributed by atoms with Crippen LogP contribution in [0.5, 0.6) is 0 Å². The van der Waals surface area contributed by atoms with Gasteiger partial charge in [-0.3, -0.25) is 0 Å². The number of benzene rings is 1. The molecule has 90 valence electrons. The van der Waals surface area contributed by atoms with Crippen LogP contribution in [-0.4, -0.2) is 7.05 Å². The largest absolute Gasteiger partial charge is 0.312 e. The highest BCUT2D eigenvalue weighted by molar-refractivity contribution is 9.10. The molecule has 1 N–H and O–H groups in total. The minimum Gasteiger partial charge on any atom is -0.312 e. The van der Waals surface area contributed by atoms with E-state index in [4.69, 9.17) is 11.6 Å². The maximum atomic E-state index is 6.24. The van der Waals surface area contributed by atoms with Crippen LogP contribution in [0.4, 0.5) is 0 Å². The number of rotatable bonds is 4. The van der Waals surface area contributed by atoms with Crippen LogP contribution in [-0.2, 0) is 6.42 Å².